The van der Waals surface area contributed by atoms with Gasteiger partial charge in [0.15, 0.2) is 0 Å². The van der Waals surface area contributed by atoms with Gasteiger partial charge in [-0.05, 0) is 48.2 Å². The van der Waals surface area contributed by atoms with Gasteiger partial charge in [-0.15, -0.1) is 0 Å². The Labute approximate surface area is 155 Å². The summed E-state index contributed by atoms with van der Waals surface area (Å²) in [6, 6.07) is 12.3. The van der Waals surface area contributed by atoms with Gasteiger partial charge in [-0.2, -0.15) is 4.31 Å². The molecule has 26 heavy (non-hydrogen) atoms. The Kier molecular flexibility index (Phi) is 5.34. The van der Waals surface area contributed by atoms with Gasteiger partial charge in [0, 0.05) is 31.9 Å². The standard InChI is InChI=1S/C20H25FN2O2S/c1-15(2)18-6-4-5-7-20(18)22-10-12-23(13-11-22)26(24,25)17-8-9-19(21)16(3)14-17/h4-9,14-15H,10-13H2,1-3H3. The largest absolute Gasteiger partial charge is 0.369 e. The molecule has 2 aromatic carbocycles. The molecule has 0 atom stereocenters. The summed E-state index contributed by atoms with van der Waals surface area (Å²) in [5.41, 5.74) is 2.80. The fourth-order valence-electron chi connectivity index (χ4n) is 3.36. The second-order valence-electron chi connectivity index (χ2n) is 7.02. The number of para-hydroxylation sites is 1. The van der Waals surface area contributed by atoms with Crippen LogP contribution in [0.4, 0.5) is 10.1 Å². The quantitative estimate of drug-likeness (QED) is 0.816. The monoisotopic (exact) mass is 376 g/mol. The van der Waals surface area contributed by atoms with Crippen LogP contribution in [0.1, 0.15) is 30.9 Å². The minimum Gasteiger partial charge on any atom is -0.369 e. The lowest BCUT2D eigenvalue weighted by Crippen LogP contribution is -2.49. The van der Waals surface area contributed by atoms with E-state index in [1.807, 2.05) is 12.1 Å². The van der Waals surface area contributed by atoms with Crippen molar-refractivity contribution < 1.29 is 12.8 Å². The topological polar surface area (TPSA) is 40.6 Å². The van der Waals surface area contributed by atoms with E-state index in [0.717, 1.165) is 0 Å². The summed E-state index contributed by atoms with van der Waals surface area (Å²) < 4.78 is 40.7. The second kappa shape index (κ2) is 7.37. The second-order valence-corrected chi connectivity index (χ2v) is 8.95. The minimum atomic E-state index is -3.59. The van der Waals surface area contributed by atoms with E-state index in [0.29, 0.717) is 37.7 Å². The minimum absolute atomic E-state index is 0.160. The summed E-state index contributed by atoms with van der Waals surface area (Å²) in [5, 5.41) is 0. The highest BCUT2D eigenvalue weighted by atomic mass is 32.2. The van der Waals surface area contributed by atoms with Crippen LogP contribution >= 0.6 is 0 Å². The molecule has 2 aromatic rings. The van der Waals surface area contributed by atoms with Crippen molar-refractivity contribution in [3.05, 3.63) is 59.4 Å². The van der Waals surface area contributed by atoms with Gasteiger partial charge < -0.3 is 4.90 Å². The van der Waals surface area contributed by atoms with Crippen molar-refractivity contribution in [1.29, 1.82) is 0 Å². The van der Waals surface area contributed by atoms with Crippen LogP contribution in [0.2, 0.25) is 0 Å². The zero-order valence-corrected chi connectivity index (χ0v) is 16.3. The van der Waals surface area contributed by atoms with Gasteiger partial charge in [-0.1, -0.05) is 32.0 Å². The Balaban J connectivity index is 1.77. The maximum atomic E-state index is 13.5. The van der Waals surface area contributed by atoms with Crippen molar-refractivity contribution in [2.75, 3.05) is 31.1 Å². The first-order valence-electron chi connectivity index (χ1n) is 8.91. The molecule has 0 spiro atoms. The molecule has 0 aromatic heterocycles. The van der Waals surface area contributed by atoms with Crippen molar-refractivity contribution in [3.63, 3.8) is 0 Å². The lowest BCUT2D eigenvalue weighted by molar-refractivity contribution is 0.384. The highest BCUT2D eigenvalue weighted by Gasteiger charge is 2.29. The van der Waals surface area contributed by atoms with Crippen LogP contribution in [0, 0.1) is 12.7 Å². The van der Waals surface area contributed by atoms with Gasteiger partial charge in [-0.25, -0.2) is 12.8 Å². The molecule has 0 radical (unpaired) electrons. The van der Waals surface area contributed by atoms with Crippen molar-refractivity contribution in [2.24, 2.45) is 0 Å². The molecule has 1 aliphatic rings. The average molecular weight is 376 g/mol. The summed E-state index contributed by atoms with van der Waals surface area (Å²) in [5.74, 6) is 0.0224. The molecule has 0 saturated carbocycles. The number of hydrogen-bond donors (Lipinski definition) is 0. The van der Waals surface area contributed by atoms with Crippen LogP contribution in [-0.4, -0.2) is 38.9 Å². The number of anilines is 1. The summed E-state index contributed by atoms with van der Waals surface area (Å²) in [6.07, 6.45) is 0. The molecule has 3 rings (SSSR count). The number of piperazine rings is 1. The van der Waals surface area contributed by atoms with E-state index in [9.17, 15) is 12.8 Å². The normalized spacial score (nSPS) is 16.3. The van der Waals surface area contributed by atoms with Crippen molar-refractivity contribution in [2.45, 2.75) is 31.6 Å². The number of halogens is 1. The predicted molar refractivity (Wildman–Crippen MR) is 103 cm³/mol. The zero-order valence-electron chi connectivity index (χ0n) is 15.4. The molecule has 6 heteroatoms. The van der Waals surface area contributed by atoms with Gasteiger partial charge in [0.25, 0.3) is 0 Å². The molecule has 0 aliphatic carbocycles. The molecular weight excluding hydrogens is 351 g/mol. The summed E-state index contributed by atoms with van der Waals surface area (Å²) >= 11 is 0. The van der Waals surface area contributed by atoms with Gasteiger partial charge in [0.05, 0.1) is 4.90 Å². The fourth-order valence-corrected chi connectivity index (χ4v) is 4.87. The van der Waals surface area contributed by atoms with E-state index in [2.05, 4.69) is 30.9 Å². The molecule has 0 unspecified atom stereocenters. The third-order valence-corrected chi connectivity index (χ3v) is 6.80. The molecular formula is C20H25FN2O2S. The highest BCUT2D eigenvalue weighted by Crippen LogP contribution is 2.29. The van der Waals surface area contributed by atoms with Crippen LogP contribution in [0.3, 0.4) is 0 Å². The van der Waals surface area contributed by atoms with Gasteiger partial charge in [0.1, 0.15) is 5.82 Å². The molecule has 1 aliphatic heterocycles. The highest BCUT2D eigenvalue weighted by molar-refractivity contribution is 7.89. The van der Waals surface area contributed by atoms with Crippen molar-refractivity contribution in [1.82, 2.24) is 4.31 Å². The number of aryl methyl sites for hydroxylation is 1. The van der Waals surface area contributed by atoms with Crippen LogP contribution in [0.15, 0.2) is 47.4 Å². The van der Waals surface area contributed by atoms with Crippen LogP contribution in [-0.2, 0) is 10.0 Å². The lowest BCUT2D eigenvalue weighted by Gasteiger charge is -2.36. The summed E-state index contributed by atoms with van der Waals surface area (Å²) in [6.45, 7) is 8.03. The van der Waals surface area contributed by atoms with Gasteiger partial charge in [0.2, 0.25) is 10.0 Å². The Morgan fingerprint density at radius 2 is 1.65 bits per heavy atom. The van der Waals surface area contributed by atoms with E-state index in [-0.39, 0.29) is 10.7 Å². The first-order chi connectivity index (χ1) is 12.3. The van der Waals surface area contributed by atoms with Crippen LogP contribution in [0.25, 0.3) is 0 Å². The SMILES string of the molecule is Cc1cc(S(=O)(=O)N2CCN(c3ccccc3C(C)C)CC2)ccc1F. The number of rotatable bonds is 4. The first-order valence-corrected chi connectivity index (χ1v) is 10.3. The first kappa shape index (κ1) is 18.9. The van der Waals surface area contributed by atoms with Crippen molar-refractivity contribution >= 4 is 15.7 Å². The van der Waals surface area contributed by atoms with E-state index >= 15 is 0 Å². The third kappa shape index (κ3) is 3.62. The predicted octanol–water partition coefficient (Wildman–Crippen LogP) is 3.77. The van der Waals surface area contributed by atoms with E-state index in [1.165, 1.54) is 33.8 Å². The van der Waals surface area contributed by atoms with Gasteiger partial charge >= 0.3 is 0 Å². The molecule has 1 saturated heterocycles. The smallest absolute Gasteiger partial charge is 0.243 e. The fraction of sp³-hybridized carbons (Fsp3) is 0.400. The van der Waals surface area contributed by atoms with Crippen LogP contribution in [0.5, 0.6) is 0 Å². The van der Waals surface area contributed by atoms with Crippen LogP contribution < -0.4 is 4.90 Å². The third-order valence-electron chi connectivity index (χ3n) is 4.91. The number of benzene rings is 2. The van der Waals surface area contributed by atoms with Crippen molar-refractivity contribution in [3.8, 4) is 0 Å². The molecule has 0 bridgehead atoms. The van der Waals surface area contributed by atoms with Gasteiger partial charge in [-0.3, -0.25) is 0 Å². The number of sulfonamides is 1. The molecule has 1 fully saturated rings. The molecule has 0 N–H and O–H groups in total. The Bertz CT molecular complexity index is 888. The molecule has 4 nitrogen and oxygen atoms in total. The Hall–Kier alpha value is -1.92. The lowest BCUT2D eigenvalue weighted by atomic mass is 10.00. The Morgan fingerprint density at radius 1 is 1.00 bits per heavy atom. The Morgan fingerprint density at radius 3 is 2.27 bits per heavy atom. The molecule has 1 heterocycles. The maximum absolute atomic E-state index is 13.5. The maximum Gasteiger partial charge on any atom is 0.243 e. The molecule has 0 amide bonds. The summed E-state index contributed by atoms with van der Waals surface area (Å²) in [4.78, 5) is 2.41. The zero-order chi connectivity index (χ0) is 18.9. The molecule has 140 valence electrons. The number of nitrogens with zero attached hydrogens (tertiary/aromatic N) is 2. The summed E-state index contributed by atoms with van der Waals surface area (Å²) in [7, 11) is -3.59. The van der Waals surface area contributed by atoms with E-state index in [4.69, 9.17) is 0 Å². The van der Waals surface area contributed by atoms with E-state index < -0.39 is 10.0 Å². The van der Waals surface area contributed by atoms with E-state index in [1.54, 1.807) is 6.92 Å². The number of hydrogen-bond acceptors (Lipinski definition) is 3. The average Bonchev–Trinajstić information content (AvgIpc) is 2.64.